The van der Waals surface area contributed by atoms with Crippen LogP contribution in [0.5, 0.6) is 0 Å². The van der Waals surface area contributed by atoms with Gasteiger partial charge in [0.1, 0.15) is 13.1 Å². The van der Waals surface area contributed by atoms with Crippen molar-refractivity contribution in [3.8, 4) is 0 Å². The maximum atomic E-state index is 13.1. The number of carbonyl (C=O) groups excluding carboxylic acids is 2. The molecule has 1 aliphatic carbocycles. The number of thioether (sulfide) groups is 1. The third kappa shape index (κ3) is 3.01. The average Bonchev–Trinajstić information content (AvgIpc) is 3.05. The molecular formula is C20H23N2O3S+. The Morgan fingerprint density at radius 3 is 2.73 bits per heavy atom. The lowest BCUT2D eigenvalue weighted by molar-refractivity contribution is -0.454. The van der Waals surface area contributed by atoms with E-state index in [9.17, 15) is 9.59 Å². The minimum Gasteiger partial charge on any atom is -0.381 e. The number of imide groups is 1. The van der Waals surface area contributed by atoms with Gasteiger partial charge in [-0.1, -0.05) is 42.1 Å². The van der Waals surface area contributed by atoms with Gasteiger partial charge in [-0.15, -0.1) is 0 Å². The van der Waals surface area contributed by atoms with Crippen molar-refractivity contribution in [1.82, 2.24) is 4.90 Å². The summed E-state index contributed by atoms with van der Waals surface area (Å²) in [5, 5.41) is 0.907. The van der Waals surface area contributed by atoms with Gasteiger partial charge in [0.15, 0.2) is 11.0 Å². The third-order valence-corrected chi connectivity index (χ3v) is 6.60. The number of benzene rings is 1. The lowest BCUT2D eigenvalue weighted by Gasteiger charge is -2.26. The minimum atomic E-state index is -0.270. The van der Waals surface area contributed by atoms with Crippen molar-refractivity contribution >= 4 is 28.7 Å². The smallest absolute Gasteiger partial charge is 0.381 e. The number of carbonyl (C=O) groups is 2. The van der Waals surface area contributed by atoms with Crippen molar-refractivity contribution in [2.75, 3.05) is 20.3 Å². The highest BCUT2D eigenvalue weighted by Crippen LogP contribution is 2.47. The van der Waals surface area contributed by atoms with Crippen molar-refractivity contribution in [1.29, 1.82) is 0 Å². The summed E-state index contributed by atoms with van der Waals surface area (Å²) in [7, 11) is 1.59. The molecule has 2 heterocycles. The van der Waals surface area contributed by atoms with Gasteiger partial charge < -0.3 is 4.74 Å². The molecule has 5 nitrogen and oxygen atoms in total. The highest BCUT2D eigenvalue weighted by atomic mass is 32.2. The van der Waals surface area contributed by atoms with Crippen LogP contribution >= 0.6 is 11.8 Å². The Morgan fingerprint density at radius 2 is 1.96 bits per heavy atom. The summed E-state index contributed by atoms with van der Waals surface area (Å²) in [5.41, 5.74) is 2.31. The Morgan fingerprint density at radius 1 is 1.19 bits per heavy atom. The maximum Gasteiger partial charge on any atom is 0.501 e. The fourth-order valence-electron chi connectivity index (χ4n) is 3.91. The van der Waals surface area contributed by atoms with E-state index < -0.39 is 0 Å². The first-order valence-corrected chi connectivity index (χ1v) is 9.94. The van der Waals surface area contributed by atoms with E-state index in [-0.39, 0.29) is 17.9 Å². The number of allylic oxidation sites excluding steroid dienone is 1. The number of ether oxygens (including phenoxy) is 1. The first-order chi connectivity index (χ1) is 12.7. The molecule has 1 atom stereocenters. The zero-order valence-corrected chi connectivity index (χ0v) is 15.8. The van der Waals surface area contributed by atoms with E-state index >= 15 is 0 Å². The van der Waals surface area contributed by atoms with Crippen LogP contribution in [0.3, 0.4) is 0 Å². The number of urea groups is 1. The zero-order valence-electron chi connectivity index (χ0n) is 14.9. The van der Waals surface area contributed by atoms with E-state index in [1.54, 1.807) is 23.4 Å². The number of hydrogen-bond donors (Lipinski definition) is 0. The van der Waals surface area contributed by atoms with Gasteiger partial charge in [0.25, 0.3) is 0 Å². The Balaban J connectivity index is 1.74. The van der Waals surface area contributed by atoms with Gasteiger partial charge in [-0.25, -0.2) is 4.79 Å². The van der Waals surface area contributed by atoms with Gasteiger partial charge in [-0.05, 0) is 41.7 Å². The molecule has 1 aromatic carbocycles. The predicted octanol–water partition coefficient (Wildman–Crippen LogP) is 3.40. The number of nitrogens with zero attached hydrogens (tertiary/aromatic N) is 2. The number of amides is 3. The van der Waals surface area contributed by atoms with Crippen molar-refractivity contribution in [3.05, 3.63) is 46.4 Å². The SMILES string of the molecule is COCCN1C(=O)C2C3=C(CCCC3)SC2=[N+](Cc2ccccc2)C1=O. The Bertz CT molecular complexity index is 801. The van der Waals surface area contributed by atoms with Crippen LogP contribution in [-0.2, 0) is 16.1 Å². The average molecular weight is 371 g/mol. The van der Waals surface area contributed by atoms with Crippen LogP contribution in [0.25, 0.3) is 0 Å². The molecule has 1 aromatic rings. The molecule has 4 rings (SSSR count). The van der Waals surface area contributed by atoms with E-state index in [0.29, 0.717) is 19.7 Å². The molecule has 3 amide bonds. The highest BCUT2D eigenvalue weighted by Gasteiger charge is 2.53. The molecule has 26 heavy (non-hydrogen) atoms. The molecular weight excluding hydrogens is 348 g/mol. The molecule has 3 aliphatic rings. The number of hydrogen-bond acceptors (Lipinski definition) is 4. The highest BCUT2D eigenvalue weighted by molar-refractivity contribution is 8.17. The van der Waals surface area contributed by atoms with Gasteiger partial charge in [0, 0.05) is 7.11 Å². The summed E-state index contributed by atoms with van der Waals surface area (Å²) in [6.07, 6.45) is 4.29. The topological polar surface area (TPSA) is 49.6 Å². The van der Waals surface area contributed by atoms with Crippen LogP contribution in [0.2, 0.25) is 0 Å². The molecule has 6 heteroatoms. The zero-order chi connectivity index (χ0) is 18.1. The van der Waals surface area contributed by atoms with Crippen LogP contribution in [0.15, 0.2) is 40.8 Å². The molecule has 0 N–H and O–H groups in total. The van der Waals surface area contributed by atoms with Gasteiger partial charge >= 0.3 is 11.9 Å². The van der Waals surface area contributed by atoms with Crippen LogP contribution < -0.4 is 0 Å². The molecule has 0 radical (unpaired) electrons. The molecule has 2 aliphatic heterocycles. The molecule has 0 fully saturated rings. The van der Waals surface area contributed by atoms with E-state index in [2.05, 4.69) is 0 Å². The largest absolute Gasteiger partial charge is 0.501 e. The van der Waals surface area contributed by atoms with Crippen molar-refractivity contribution in [3.63, 3.8) is 0 Å². The monoisotopic (exact) mass is 371 g/mol. The second kappa shape index (κ2) is 7.37. The van der Waals surface area contributed by atoms with E-state index in [0.717, 1.165) is 29.9 Å². The van der Waals surface area contributed by atoms with Gasteiger partial charge in [-0.3, -0.25) is 0 Å². The van der Waals surface area contributed by atoms with E-state index in [1.165, 1.54) is 21.8 Å². The summed E-state index contributed by atoms with van der Waals surface area (Å²) in [4.78, 5) is 28.9. The molecule has 0 saturated heterocycles. The minimum absolute atomic E-state index is 0.0780. The van der Waals surface area contributed by atoms with Crippen molar-refractivity contribution < 1.29 is 18.9 Å². The Labute approximate surface area is 157 Å². The lowest BCUT2D eigenvalue weighted by Crippen LogP contribution is -2.54. The summed E-state index contributed by atoms with van der Waals surface area (Å²) in [5.74, 6) is -0.348. The lowest BCUT2D eigenvalue weighted by atomic mass is 9.88. The fourth-order valence-corrected chi connectivity index (χ4v) is 5.38. The summed E-state index contributed by atoms with van der Waals surface area (Å²) < 4.78 is 6.93. The Kier molecular flexibility index (Phi) is 4.96. The quantitative estimate of drug-likeness (QED) is 0.745. The molecule has 136 valence electrons. The van der Waals surface area contributed by atoms with Crippen molar-refractivity contribution in [2.24, 2.45) is 5.92 Å². The summed E-state index contributed by atoms with van der Waals surface area (Å²) >= 11 is 1.66. The van der Waals surface area contributed by atoms with Gasteiger partial charge in [0.2, 0.25) is 0 Å². The molecule has 1 unspecified atom stereocenters. The van der Waals surface area contributed by atoms with E-state index in [1.807, 2.05) is 30.3 Å². The van der Waals surface area contributed by atoms with Crippen LogP contribution in [0.1, 0.15) is 31.2 Å². The standard InChI is InChI=1S/C20H23N2O3S/c1-25-12-11-21-18(23)17-15-9-5-6-10-16(15)26-19(17)22(20(21)24)13-14-7-3-2-4-8-14/h2-4,7-8,17H,5-6,9-13H2,1H3/q+1. The van der Waals surface area contributed by atoms with Crippen molar-refractivity contribution in [2.45, 2.75) is 32.2 Å². The predicted molar refractivity (Wildman–Crippen MR) is 101 cm³/mol. The summed E-state index contributed by atoms with van der Waals surface area (Å²) in [6.45, 7) is 1.16. The maximum absolute atomic E-state index is 13.1. The molecule has 0 spiro atoms. The number of methoxy groups -OCH3 is 1. The molecule has 0 saturated carbocycles. The van der Waals surface area contributed by atoms with Crippen LogP contribution in [0.4, 0.5) is 4.79 Å². The first kappa shape index (κ1) is 17.5. The normalized spacial score (nSPS) is 22.8. The Hall–Kier alpha value is -1.92. The number of rotatable bonds is 5. The van der Waals surface area contributed by atoms with E-state index in [4.69, 9.17) is 4.74 Å². The summed E-state index contributed by atoms with van der Waals surface area (Å²) in [6, 6.07) is 9.73. The second-order valence-electron chi connectivity index (χ2n) is 6.87. The van der Waals surface area contributed by atoms with Crippen LogP contribution in [0, 0.1) is 5.92 Å². The van der Waals surface area contributed by atoms with Gasteiger partial charge in [-0.2, -0.15) is 14.3 Å². The van der Waals surface area contributed by atoms with Crippen LogP contribution in [-0.4, -0.2) is 46.7 Å². The molecule has 0 bridgehead atoms. The third-order valence-electron chi connectivity index (χ3n) is 5.22. The number of fused-ring (bicyclic) bond motifs is 2. The van der Waals surface area contributed by atoms with Gasteiger partial charge in [0.05, 0.1) is 6.61 Å². The molecule has 0 aromatic heterocycles. The fraction of sp³-hybridized carbons (Fsp3) is 0.450. The second-order valence-corrected chi connectivity index (χ2v) is 7.98. The first-order valence-electron chi connectivity index (χ1n) is 9.13.